The first-order chi connectivity index (χ1) is 11.5. The van der Waals surface area contributed by atoms with Crippen molar-refractivity contribution in [2.45, 2.75) is 96.1 Å². The van der Waals surface area contributed by atoms with E-state index in [1.165, 1.54) is 44.9 Å². The van der Waals surface area contributed by atoms with Crippen LogP contribution in [-0.2, 0) is 4.79 Å². The number of carbonyl (C=O) groups excluding carboxylic acids is 1. The van der Waals surface area contributed by atoms with Crippen molar-refractivity contribution in [3.8, 4) is 0 Å². The van der Waals surface area contributed by atoms with Crippen LogP contribution in [0.1, 0.15) is 89.9 Å². The molecule has 3 atom stereocenters. The summed E-state index contributed by atoms with van der Waals surface area (Å²) in [4.78, 5) is 10.8. The second kappa shape index (κ2) is 9.82. The summed E-state index contributed by atoms with van der Waals surface area (Å²) in [5.41, 5.74) is 0. The van der Waals surface area contributed by atoms with Crippen LogP contribution in [0, 0.1) is 23.7 Å². The molecule has 0 heterocycles. The molecule has 0 amide bonds. The lowest BCUT2D eigenvalue weighted by Gasteiger charge is -2.35. The summed E-state index contributed by atoms with van der Waals surface area (Å²) in [6, 6.07) is 0. The van der Waals surface area contributed by atoms with Gasteiger partial charge in [0.25, 0.3) is 0 Å². The minimum atomic E-state index is -4.15. The van der Waals surface area contributed by atoms with Crippen LogP contribution in [0.2, 0.25) is 0 Å². The molecular formula is C20H33F3O. The second-order valence-electron chi connectivity index (χ2n) is 8.11. The third-order valence-electron chi connectivity index (χ3n) is 6.31. The van der Waals surface area contributed by atoms with Crippen LogP contribution >= 0.6 is 0 Å². The Hall–Kier alpha value is -0.540. The van der Waals surface area contributed by atoms with E-state index in [4.69, 9.17) is 0 Å². The van der Waals surface area contributed by atoms with E-state index in [1.807, 2.05) is 0 Å². The van der Waals surface area contributed by atoms with Crippen molar-refractivity contribution in [1.29, 1.82) is 0 Å². The van der Waals surface area contributed by atoms with Crippen molar-refractivity contribution in [1.82, 2.24) is 0 Å². The molecule has 140 valence electrons. The molecule has 24 heavy (non-hydrogen) atoms. The van der Waals surface area contributed by atoms with Crippen LogP contribution in [0.5, 0.6) is 0 Å². The lowest BCUT2D eigenvalue weighted by molar-refractivity contribution is -0.200. The average Bonchev–Trinajstić information content (AvgIpc) is 2.58. The highest BCUT2D eigenvalue weighted by molar-refractivity contribution is 5.53. The van der Waals surface area contributed by atoms with E-state index in [1.54, 1.807) is 0 Å². The number of aldehydes is 1. The largest absolute Gasteiger partial charge is 0.392 e. The zero-order valence-electron chi connectivity index (χ0n) is 14.8. The average molecular weight is 346 g/mol. The van der Waals surface area contributed by atoms with Crippen LogP contribution in [0.3, 0.4) is 0 Å². The topological polar surface area (TPSA) is 17.1 Å². The van der Waals surface area contributed by atoms with Crippen molar-refractivity contribution in [2.24, 2.45) is 23.7 Å². The van der Waals surface area contributed by atoms with Crippen molar-refractivity contribution >= 4 is 6.29 Å². The Labute approximate surface area is 144 Å². The van der Waals surface area contributed by atoms with Gasteiger partial charge in [-0.05, 0) is 37.5 Å². The Morgan fingerprint density at radius 3 is 2.12 bits per heavy atom. The highest BCUT2D eigenvalue weighted by Gasteiger charge is 2.47. The number of halogens is 3. The number of hydrogen-bond acceptors (Lipinski definition) is 1. The molecule has 0 aromatic heterocycles. The lowest BCUT2D eigenvalue weighted by atomic mass is 9.72. The van der Waals surface area contributed by atoms with E-state index < -0.39 is 12.1 Å². The van der Waals surface area contributed by atoms with Gasteiger partial charge < -0.3 is 4.79 Å². The van der Waals surface area contributed by atoms with Gasteiger partial charge in [0.1, 0.15) is 6.29 Å². The molecule has 2 saturated carbocycles. The first-order valence-corrected chi connectivity index (χ1v) is 10.0. The summed E-state index contributed by atoms with van der Waals surface area (Å²) < 4.78 is 39.7. The number of alkyl halides is 3. The zero-order chi connectivity index (χ0) is 17.4. The maximum absolute atomic E-state index is 13.2. The molecule has 0 aromatic rings. The van der Waals surface area contributed by atoms with Gasteiger partial charge in [0.05, 0.1) is 5.92 Å². The van der Waals surface area contributed by atoms with Crippen molar-refractivity contribution < 1.29 is 18.0 Å². The normalized spacial score (nSPS) is 29.5. The summed E-state index contributed by atoms with van der Waals surface area (Å²) in [5, 5.41) is 0. The Kier molecular flexibility index (Phi) is 8.09. The first-order valence-electron chi connectivity index (χ1n) is 10.0. The molecule has 4 heteroatoms. The summed E-state index contributed by atoms with van der Waals surface area (Å²) in [6.45, 7) is 0. The molecule has 2 rings (SSSR count). The predicted octanol–water partition coefficient (Wildman–Crippen LogP) is 6.70. The predicted molar refractivity (Wildman–Crippen MR) is 90.7 cm³/mol. The van der Waals surface area contributed by atoms with Crippen LogP contribution < -0.4 is 0 Å². The number of rotatable bonds is 8. The second-order valence-corrected chi connectivity index (χ2v) is 8.11. The molecule has 0 aliphatic heterocycles. The highest BCUT2D eigenvalue weighted by atomic mass is 19.4. The third-order valence-corrected chi connectivity index (χ3v) is 6.31. The van der Waals surface area contributed by atoms with Crippen LogP contribution in [0.15, 0.2) is 0 Å². The smallest absolute Gasteiger partial charge is 0.303 e. The minimum absolute atomic E-state index is 0.0132. The van der Waals surface area contributed by atoms with E-state index in [0.29, 0.717) is 19.3 Å². The van der Waals surface area contributed by atoms with Crippen LogP contribution in [0.4, 0.5) is 13.2 Å². The van der Waals surface area contributed by atoms with E-state index in [2.05, 4.69) is 0 Å². The maximum Gasteiger partial charge on any atom is 0.392 e. The number of unbranched alkanes of at least 4 members (excludes halogenated alkanes) is 3. The minimum Gasteiger partial charge on any atom is -0.303 e. The fourth-order valence-corrected chi connectivity index (χ4v) is 4.80. The molecule has 0 radical (unpaired) electrons. The molecule has 3 unspecified atom stereocenters. The Morgan fingerprint density at radius 1 is 0.833 bits per heavy atom. The van der Waals surface area contributed by atoms with Gasteiger partial charge >= 0.3 is 6.18 Å². The molecule has 0 saturated heterocycles. The lowest BCUT2D eigenvalue weighted by Crippen LogP contribution is -2.36. The molecule has 0 bridgehead atoms. The van der Waals surface area contributed by atoms with Gasteiger partial charge in [-0.3, -0.25) is 0 Å². The Balaban J connectivity index is 1.62. The standard InChI is InChI=1S/C20H33F3O/c21-20(22,23)19-14-17(15-24)12-13-18(19)11-7-2-1-4-8-16-9-5-3-6-10-16/h15-19H,1-14H2. The molecule has 0 aromatic carbocycles. The van der Waals surface area contributed by atoms with Gasteiger partial charge in [0.15, 0.2) is 0 Å². The molecule has 1 nitrogen and oxygen atoms in total. The Morgan fingerprint density at radius 2 is 1.50 bits per heavy atom. The van der Waals surface area contributed by atoms with Gasteiger partial charge in [-0.25, -0.2) is 0 Å². The summed E-state index contributed by atoms with van der Waals surface area (Å²) >= 11 is 0. The molecule has 0 N–H and O–H groups in total. The molecular weight excluding hydrogens is 313 g/mol. The van der Waals surface area contributed by atoms with Crippen LogP contribution in [0.25, 0.3) is 0 Å². The van der Waals surface area contributed by atoms with E-state index >= 15 is 0 Å². The molecule has 2 fully saturated rings. The van der Waals surface area contributed by atoms with Gasteiger partial charge in [-0.15, -0.1) is 0 Å². The van der Waals surface area contributed by atoms with Crippen molar-refractivity contribution in [3.05, 3.63) is 0 Å². The fourth-order valence-electron chi connectivity index (χ4n) is 4.80. The third kappa shape index (κ3) is 6.40. The van der Waals surface area contributed by atoms with E-state index in [9.17, 15) is 18.0 Å². The van der Waals surface area contributed by atoms with Gasteiger partial charge in [-0.1, -0.05) is 64.2 Å². The first kappa shape index (κ1) is 19.8. The monoisotopic (exact) mass is 346 g/mol. The van der Waals surface area contributed by atoms with Gasteiger partial charge in [-0.2, -0.15) is 13.2 Å². The summed E-state index contributed by atoms with van der Waals surface area (Å²) in [5.74, 6) is -1.00. The SMILES string of the molecule is O=CC1CCC(CCCCCCC2CCCCC2)C(C(F)(F)F)C1. The van der Waals surface area contributed by atoms with Crippen molar-refractivity contribution in [3.63, 3.8) is 0 Å². The fraction of sp³-hybridized carbons (Fsp3) is 0.950. The highest BCUT2D eigenvalue weighted by Crippen LogP contribution is 2.45. The number of carbonyl (C=O) groups is 1. The number of hydrogen-bond donors (Lipinski definition) is 0. The van der Waals surface area contributed by atoms with E-state index in [-0.39, 0.29) is 18.3 Å². The Bertz CT molecular complexity index is 360. The van der Waals surface area contributed by atoms with E-state index in [0.717, 1.165) is 31.5 Å². The molecule has 0 spiro atoms. The quantitative estimate of drug-likeness (QED) is 0.353. The molecule has 2 aliphatic rings. The van der Waals surface area contributed by atoms with Gasteiger partial charge in [0.2, 0.25) is 0 Å². The summed E-state index contributed by atoms with van der Waals surface area (Å²) in [7, 11) is 0. The zero-order valence-corrected chi connectivity index (χ0v) is 14.8. The van der Waals surface area contributed by atoms with Gasteiger partial charge in [0, 0.05) is 5.92 Å². The van der Waals surface area contributed by atoms with Crippen LogP contribution in [-0.4, -0.2) is 12.5 Å². The molecule has 2 aliphatic carbocycles. The van der Waals surface area contributed by atoms with Crippen molar-refractivity contribution in [2.75, 3.05) is 0 Å². The maximum atomic E-state index is 13.2. The summed E-state index contributed by atoms with van der Waals surface area (Å²) in [6.07, 6.45) is 11.1.